The first-order valence-corrected chi connectivity index (χ1v) is 4.96. The van der Waals surface area contributed by atoms with Gasteiger partial charge in [0.05, 0.1) is 12.0 Å². The first-order chi connectivity index (χ1) is 6.66. The van der Waals surface area contributed by atoms with E-state index in [1.807, 2.05) is 12.1 Å². The number of nitriles is 1. The Morgan fingerprint density at radius 2 is 2.07 bits per heavy atom. The smallest absolute Gasteiger partial charge is 0.0755 e. The van der Waals surface area contributed by atoms with E-state index in [9.17, 15) is 0 Å². The highest BCUT2D eigenvalue weighted by molar-refractivity contribution is 5.22. The third-order valence-electron chi connectivity index (χ3n) is 2.76. The van der Waals surface area contributed by atoms with Crippen molar-refractivity contribution in [3.63, 3.8) is 0 Å². The number of nitrogens with zero attached hydrogens (tertiary/aromatic N) is 2. The van der Waals surface area contributed by atoms with Gasteiger partial charge in [-0.2, -0.15) is 5.26 Å². The van der Waals surface area contributed by atoms with Gasteiger partial charge in [0.25, 0.3) is 0 Å². The maximum absolute atomic E-state index is 9.12. The normalized spacial score (nSPS) is 14.8. The second kappa shape index (κ2) is 4.76. The van der Waals surface area contributed by atoms with Crippen molar-refractivity contribution in [2.45, 2.75) is 26.7 Å². The van der Waals surface area contributed by atoms with Gasteiger partial charge >= 0.3 is 0 Å². The van der Waals surface area contributed by atoms with Crippen LogP contribution in [0.15, 0.2) is 24.5 Å². The van der Waals surface area contributed by atoms with Crippen molar-refractivity contribution in [3.05, 3.63) is 30.1 Å². The van der Waals surface area contributed by atoms with Gasteiger partial charge in [-0.25, -0.2) is 0 Å². The second-order valence-electron chi connectivity index (χ2n) is 4.00. The van der Waals surface area contributed by atoms with Crippen molar-refractivity contribution in [2.75, 3.05) is 0 Å². The molecule has 14 heavy (non-hydrogen) atoms. The fourth-order valence-electron chi connectivity index (χ4n) is 1.44. The number of hydrogen-bond acceptors (Lipinski definition) is 2. The Labute approximate surface area is 85.6 Å². The molecule has 1 aromatic heterocycles. The third-order valence-corrected chi connectivity index (χ3v) is 2.76. The molecule has 0 fully saturated rings. The molecular weight excluding hydrogens is 172 g/mol. The van der Waals surface area contributed by atoms with Crippen LogP contribution in [0.25, 0.3) is 0 Å². The molecule has 2 nitrogen and oxygen atoms in total. The minimum absolute atomic E-state index is 0.0382. The average Bonchev–Trinajstić information content (AvgIpc) is 2.20. The molecule has 1 aromatic rings. The van der Waals surface area contributed by atoms with E-state index < -0.39 is 0 Å². The summed E-state index contributed by atoms with van der Waals surface area (Å²) in [4.78, 5) is 4.04. The first kappa shape index (κ1) is 10.7. The summed E-state index contributed by atoms with van der Waals surface area (Å²) in [5, 5.41) is 9.12. The summed E-state index contributed by atoms with van der Waals surface area (Å²) >= 11 is 0. The average molecular weight is 188 g/mol. The topological polar surface area (TPSA) is 36.7 Å². The molecule has 1 heterocycles. The van der Waals surface area contributed by atoms with E-state index in [2.05, 4.69) is 31.8 Å². The van der Waals surface area contributed by atoms with Crippen LogP contribution in [0, 0.1) is 23.2 Å². The summed E-state index contributed by atoms with van der Waals surface area (Å²) < 4.78 is 0. The Balaban J connectivity index is 2.89. The SMILES string of the molecule is CC(C)C(C)C(C#N)c1cccnc1. The zero-order valence-electron chi connectivity index (χ0n) is 8.94. The maximum atomic E-state index is 9.12. The van der Waals surface area contributed by atoms with Crippen LogP contribution < -0.4 is 0 Å². The fourth-order valence-corrected chi connectivity index (χ4v) is 1.44. The molecule has 0 radical (unpaired) electrons. The predicted molar refractivity (Wildman–Crippen MR) is 56.6 cm³/mol. The summed E-state index contributed by atoms with van der Waals surface area (Å²) in [7, 11) is 0. The van der Waals surface area contributed by atoms with Crippen LogP contribution in [-0.4, -0.2) is 4.98 Å². The van der Waals surface area contributed by atoms with Crippen molar-refractivity contribution < 1.29 is 0 Å². The van der Waals surface area contributed by atoms with Gasteiger partial charge in [0.15, 0.2) is 0 Å². The minimum atomic E-state index is -0.0382. The zero-order valence-corrected chi connectivity index (χ0v) is 8.94. The minimum Gasteiger partial charge on any atom is -0.264 e. The lowest BCUT2D eigenvalue weighted by atomic mass is 9.82. The number of rotatable bonds is 3. The Hall–Kier alpha value is -1.36. The summed E-state index contributed by atoms with van der Waals surface area (Å²) in [5.41, 5.74) is 1.02. The van der Waals surface area contributed by atoms with E-state index in [0.717, 1.165) is 5.56 Å². The fraction of sp³-hybridized carbons (Fsp3) is 0.500. The summed E-state index contributed by atoms with van der Waals surface area (Å²) in [6, 6.07) is 6.21. The van der Waals surface area contributed by atoms with Gasteiger partial charge in [-0.15, -0.1) is 0 Å². The molecule has 0 aliphatic carbocycles. The van der Waals surface area contributed by atoms with Crippen molar-refractivity contribution in [3.8, 4) is 6.07 Å². The molecule has 0 spiro atoms. The van der Waals surface area contributed by atoms with Gasteiger partial charge in [-0.05, 0) is 23.5 Å². The third kappa shape index (κ3) is 2.32. The van der Waals surface area contributed by atoms with Gasteiger partial charge in [-0.3, -0.25) is 4.98 Å². The summed E-state index contributed by atoms with van der Waals surface area (Å²) in [6.45, 7) is 6.41. The molecule has 2 unspecified atom stereocenters. The maximum Gasteiger partial charge on any atom is 0.0755 e. The molecule has 0 saturated heterocycles. The van der Waals surface area contributed by atoms with Crippen LogP contribution in [0.2, 0.25) is 0 Å². The van der Waals surface area contributed by atoms with Gasteiger partial charge in [0, 0.05) is 12.4 Å². The number of aromatic nitrogens is 1. The van der Waals surface area contributed by atoms with E-state index >= 15 is 0 Å². The lowest BCUT2D eigenvalue weighted by Crippen LogP contribution is -2.14. The van der Waals surface area contributed by atoms with E-state index in [0.29, 0.717) is 11.8 Å². The van der Waals surface area contributed by atoms with Crippen LogP contribution >= 0.6 is 0 Å². The number of pyridine rings is 1. The Kier molecular flexibility index (Phi) is 3.64. The molecule has 0 amide bonds. The quantitative estimate of drug-likeness (QED) is 0.731. The highest BCUT2D eigenvalue weighted by Crippen LogP contribution is 2.28. The van der Waals surface area contributed by atoms with Crippen molar-refractivity contribution in [1.82, 2.24) is 4.98 Å². The number of hydrogen-bond donors (Lipinski definition) is 0. The zero-order chi connectivity index (χ0) is 10.6. The molecule has 74 valence electrons. The van der Waals surface area contributed by atoms with E-state index in [4.69, 9.17) is 5.26 Å². The molecule has 0 bridgehead atoms. The standard InChI is InChI=1S/C12H16N2/c1-9(2)10(3)12(7-13)11-5-4-6-14-8-11/h4-6,8-10,12H,1-3H3. The van der Waals surface area contributed by atoms with E-state index in [-0.39, 0.29) is 5.92 Å². The molecule has 2 atom stereocenters. The van der Waals surface area contributed by atoms with Gasteiger partial charge in [-0.1, -0.05) is 26.8 Å². The van der Waals surface area contributed by atoms with Gasteiger partial charge < -0.3 is 0 Å². The molecule has 0 saturated carbocycles. The highest BCUT2D eigenvalue weighted by atomic mass is 14.6. The lowest BCUT2D eigenvalue weighted by Gasteiger charge is -2.20. The second-order valence-corrected chi connectivity index (χ2v) is 4.00. The van der Waals surface area contributed by atoms with E-state index in [1.165, 1.54) is 0 Å². The van der Waals surface area contributed by atoms with Crippen LogP contribution in [0.4, 0.5) is 0 Å². The first-order valence-electron chi connectivity index (χ1n) is 4.96. The Morgan fingerprint density at radius 3 is 2.50 bits per heavy atom. The molecule has 1 rings (SSSR count). The molecule has 0 aliphatic heterocycles. The van der Waals surface area contributed by atoms with Crippen LogP contribution in [-0.2, 0) is 0 Å². The van der Waals surface area contributed by atoms with Crippen LogP contribution in [0.1, 0.15) is 32.3 Å². The molecule has 0 aromatic carbocycles. The lowest BCUT2D eigenvalue weighted by molar-refractivity contribution is 0.388. The molecule has 0 aliphatic rings. The van der Waals surface area contributed by atoms with Gasteiger partial charge in [0.2, 0.25) is 0 Å². The van der Waals surface area contributed by atoms with Gasteiger partial charge in [0.1, 0.15) is 0 Å². The predicted octanol–water partition coefficient (Wildman–Crippen LogP) is 2.98. The van der Waals surface area contributed by atoms with Crippen LogP contribution in [0.3, 0.4) is 0 Å². The highest BCUT2D eigenvalue weighted by Gasteiger charge is 2.21. The van der Waals surface area contributed by atoms with Crippen molar-refractivity contribution >= 4 is 0 Å². The Morgan fingerprint density at radius 1 is 1.36 bits per heavy atom. The summed E-state index contributed by atoms with van der Waals surface area (Å²) in [5.74, 6) is 0.841. The van der Waals surface area contributed by atoms with E-state index in [1.54, 1.807) is 12.4 Å². The molecule has 2 heteroatoms. The largest absolute Gasteiger partial charge is 0.264 e. The van der Waals surface area contributed by atoms with Crippen LogP contribution in [0.5, 0.6) is 0 Å². The Bertz CT molecular complexity index is 311. The van der Waals surface area contributed by atoms with Crippen molar-refractivity contribution in [2.24, 2.45) is 11.8 Å². The molecular formula is C12H16N2. The monoisotopic (exact) mass is 188 g/mol. The molecule has 0 N–H and O–H groups in total. The van der Waals surface area contributed by atoms with Crippen molar-refractivity contribution in [1.29, 1.82) is 5.26 Å². The summed E-state index contributed by atoms with van der Waals surface area (Å²) in [6.07, 6.45) is 3.52.